The van der Waals surface area contributed by atoms with E-state index >= 15 is 0 Å². The molecule has 1 aromatic heterocycles. The first-order valence-corrected chi connectivity index (χ1v) is 6.43. The van der Waals surface area contributed by atoms with Gasteiger partial charge in [-0.3, -0.25) is 0 Å². The lowest BCUT2D eigenvalue weighted by Gasteiger charge is -2.10. The van der Waals surface area contributed by atoms with E-state index in [1.165, 1.54) is 6.07 Å². The van der Waals surface area contributed by atoms with Crippen molar-refractivity contribution >= 4 is 17.3 Å². The molecule has 3 nitrogen and oxygen atoms in total. The maximum Gasteiger partial charge on any atom is 0.146 e. The van der Waals surface area contributed by atoms with Crippen molar-refractivity contribution in [2.24, 2.45) is 0 Å². The molecule has 0 unspecified atom stereocenters. The second-order valence-electron chi connectivity index (χ2n) is 4.44. The van der Waals surface area contributed by atoms with Crippen molar-refractivity contribution in [1.29, 1.82) is 0 Å². The second kappa shape index (κ2) is 6.18. The van der Waals surface area contributed by atoms with Crippen LogP contribution in [0.3, 0.4) is 0 Å². The van der Waals surface area contributed by atoms with Crippen LogP contribution >= 0.6 is 0 Å². The number of halogens is 1. The van der Waals surface area contributed by atoms with Gasteiger partial charge in [0, 0.05) is 6.54 Å². The van der Waals surface area contributed by atoms with Gasteiger partial charge in [-0.15, -0.1) is 0 Å². The van der Waals surface area contributed by atoms with Crippen LogP contribution in [0.15, 0.2) is 36.4 Å². The molecule has 0 amide bonds. The van der Waals surface area contributed by atoms with Gasteiger partial charge >= 0.3 is 0 Å². The van der Waals surface area contributed by atoms with Gasteiger partial charge in [0.25, 0.3) is 0 Å². The molecule has 2 N–H and O–H groups in total. The predicted octanol–water partition coefficient (Wildman–Crippen LogP) is 4.09. The highest BCUT2D eigenvalue weighted by molar-refractivity contribution is 5.59. The highest BCUT2D eigenvalue weighted by atomic mass is 19.1. The number of aromatic nitrogens is 1. The molecule has 1 aromatic carbocycles. The van der Waals surface area contributed by atoms with Crippen LogP contribution in [0.1, 0.15) is 18.9 Å². The van der Waals surface area contributed by atoms with Crippen molar-refractivity contribution in [3.63, 3.8) is 0 Å². The Morgan fingerprint density at radius 3 is 2.74 bits per heavy atom. The fraction of sp³-hybridized carbons (Fsp3) is 0.267. The number of benzene rings is 1. The molecule has 0 aliphatic carbocycles. The monoisotopic (exact) mass is 259 g/mol. The molecule has 0 saturated heterocycles. The number of aryl methyl sites for hydroxylation is 1. The Labute approximate surface area is 112 Å². The molecule has 100 valence electrons. The highest BCUT2D eigenvalue weighted by Gasteiger charge is 2.04. The minimum atomic E-state index is -0.278. The average Bonchev–Trinajstić information content (AvgIpc) is 2.41. The van der Waals surface area contributed by atoms with E-state index in [1.54, 1.807) is 12.1 Å². The standard InChI is InChI=1S/C15H18FN3/c1-3-9-17-14-5-4-6-15(19-14)18-13-10-11(2)7-8-12(13)16/h4-8,10H,3,9H2,1-2H3,(H2,17,18,19). The van der Waals surface area contributed by atoms with Crippen molar-refractivity contribution in [1.82, 2.24) is 4.98 Å². The van der Waals surface area contributed by atoms with Gasteiger partial charge in [0.15, 0.2) is 0 Å². The molecule has 0 radical (unpaired) electrons. The zero-order chi connectivity index (χ0) is 13.7. The summed E-state index contributed by atoms with van der Waals surface area (Å²) in [6.07, 6.45) is 1.03. The smallest absolute Gasteiger partial charge is 0.146 e. The molecular formula is C15H18FN3. The molecule has 2 rings (SSSR count). The Hall–Kier alpha value is -2.10. The summed E-state index contributed by atoms with van der Waals surface area (Å²) < 4.78 is 13.7. The molecule has 1 heterocycles. The number of nitrogens with zero attached hydrogens (tertiary/aromatic N) is 1. The first-order valence-electron chi connectivity index (χ1n) is 6.43. The summed E-state index contributed by atoms with van der Waals surface area (Å²) in [6.45, 7) is 4.89. The Bertz CT molecular complexity index is 555. The molecule has 0 saturated carbocycles. The summed E-state index contributed by atoms with van der Waals surface area (Å²) in [5.74, 6) is 1.14. The summed E-state index contributed by atoms with van der Waals surface area (Å²) in [5.41, 5.74) is 1.45. The third kappa shape index (κ3) is 3.68. The van der Waals surface area contributed by atoms with Crippen molar-refractivity contribution in [3.05, 3.63) is 47.8 Å². The third-order valence-electron chi connectivity index (χ3n) is 2.69. The van der Waals surface area contributed by atoms with Gasteiger partial charge in [0.05, 0.1) is 5.69 Å². The van der Waals surface area contributed by atoms with Crippen LogP contribution in [0, 0.1) is 12.7 Å². The molecule has 0 aliphatic heterocycles. The van der Waals surface area contributed by atoms with Gasteiger partial charge in [0.1, 0.15) is 17.5 Å². The fourth-order valence-electron chi connectivity index (χ4n) is 1.73. The predicted molar refractivity (Wildman–Crippen MR) is 77.4 cm³/mol. The Kier molecular flexibility index (Phi) is 4.34. The summed E-state index contributed by atoms with van der Waals surface area (Å²) in [4.78, 5) is 4.39. The number of rotatable bonds is 5. The maximum absolute atomic E-state index is 13.7. The summed E-state index contributed by atoms with van der Waals surface area (Å²) >= 11 is 0. The summed E-state index contributed by atoms with van der Waals surface area (Å²) in [6, 6.07) is 10.6. The zero-order valence-electron chi connectivity index (χ0n) is 11.2. The lowest BCUT2D eigenvalue weighted by molar-refractivity contribution is 0.631. The summed E-state index contributed by atoms with van der Waals surface area (Å²) in [7, 11) is 0. The Morgan fingerprint density at radius 2 is 1.95 bits per heavy atom. The van der Waals surface area contributed by atoms with E-state index in [-0.39, 0.29) is 5.82 Å². The van der Waals surface area contributed by atoms with E-state index in [0.29, 0.717) is 11.5 Å². The van der Waals surface area contributed by atoms with Gasteiger partial charge < -0.3 is 10.6 Å². The van der Waals surface area contributed by atoms with Crippen LogP contribution in [0.25, 0.3) is 0 Å². The maximum atomic E-state index is 13.7. The van der Waals surface area contributed by atoms with Gasteiger partial charge in [-0.25, -0.2) is 9.37 Å². The molecule has 4 heteroatoms. The number of anilines is 3. The molecule has 0 aliphatic rings. The van der Waals surface area contributed by atoms with Crippen LogP contribution in [0.2, 0.25) is 0 Å². The van der Waals surface area contributed by atoms with Crippen LogP contribution in [0.4, 0.5) is 21.7 Å². The highest BCUT2D eigenvalue weighted by Crippen LogP contribution is 2.20. The Morgan fingerprint density at radius 1 is 1.16 bits per heavy atom. The second-order valence-corrected chi connectivity index (χ2v) is 4.44. The number of nitrogens with one attached hydrogen (secondary N) is 2. The number of pyridine rings is 1. The van der Waals surface area contributed by atoms with Crippen molar-refractivity contribution in [2.45, 2.75) is 20.3 Å². The van der Waals surface area contributed by atoms with Crippen molar-refractivity contribution < 1.29 is 4.39 Å². The molecule has 2 aromatic rings. The van der Waals surface area contributed by atoms with Crippen molar-refractivity contribution in [3.8, 4) is 0 Å². The van der Waals surface area contributed by atoms with Crippen molar-refractivity contribution in [2.75, 3.05) is 17.2 Å². The first kappa shape index (κ1) is 13.3. The molecule has 0 atom stereocenters. The van der Waals surface area contributed by atoms with E-state index in [2.05, 4.69) is 22.5 Å². The van der Waals surface area contributed by atoms with Gasteiger partial charge in [-0.2, -0.15) is 0 Å². The fourth-order valence-corrected chi connectivity index (χ4v) is 1.73. The summed E-state index contributed by atoms with van der Waals surface area (Å²) in [5, 5.41) is 6.21. The zero-order valence-corrected chi connectivity index (χ0v) is 11.2. The van der Waals surface area contributed by atoms with E-state index in [9.17, 15) is 4.39 Å². The molecule has 0 spiro atoms. The lowest BCUT2D eigenvalue weighted by Crippen LogP contribution is -2.03. The number of hydrogen-bond acceptors (Lipinski definition) is 3. The molecule has 19 heavy (non-hydrogen) atoms. The molecular weight excluding hydrogens is 241 g/mol. The average molecular weight is 259 g/mol. The van der Waals surface area contributed by atoms with Gasteiger partial charge in [-0.1, -0.05) is 19.1 Å². The van der Waals surface area contributed by atoms with E-state index in [4.69, 9.17) is 0 Å². The van der Waals surface area contributed by atoms with E-state index < -0.39 is 0 Å². The van der Waals surface area contributed by atoms with Crippen LogP contribution in [0.5, 0.6) is 0 Å². The normalized spacial score (nSPS) is 10.3. The van der Waals surface area contributed by atoms with E-state index in [1.807, 2.05) is 25.1 Å². The van der Waals surface area contributed by atoms with Crippen LogP contribution in [-0.4, -0.2) is 11.5 Å². The quantitative estimate of drug-likeness (QED) is 0.849. The Balaban J connectivity index is 2.16. The minimum Gasteiger partial charge on any atom is -0.370 e. The first-order chi connectivity index (χ1) is 9.19. The third-order valence-corrected chi connectivity index (χ3v) is 2.69. The number of hydrogen-bond donors (Lipinski definition) is 2. The van der Waals surface area contributed by atoms with E-state index in [0.717, 1.165) is 24.3 Å². The van der Waals surface area contributed by atoms with Crippen LogP contribution in [-0.2, 0) is 0 Å². The van der Waals surface area contributed by atoms with Gasteiger partial charge in [-0.05, 0) is 43.2 Å². The SMILES string of the molecule is CCCNc1cccc(Nc2cc(C)ccc2F)n1. The van der Waals surface area contributed by atoms with Crippen LogP contribution < -0.4 is 10.6 Å². The minimum absolute atomic E-state index is 0.278. The molecule has 0 bridgehead atoms. The molecule has 0 fully saturated rings. The largest absolute Gasteiger partial charge is 0.370 e. The van der Waals surface area contributed by atoms with Gasteiger partial charge in [0.2, 0.25) is 0 Å². The topological polar surface area (TPSA) is 37.0 Å². The lowest BCUT2D eigenvalue weighted by atomic mass is 10.2.